The van der Waals surface area contributed by atoms with Gasteiger partial charge in [0.15, 0.2) is 5.82 Å². The molecule has 0 aliphatic carbocycles. The van der Waals surface area contributed by atoms with Gasteiger partial charge in [0.2, 0.25) is 5.91 Å². The number of hydrogen-bond donors (Lipinski definition) is 1. The van der Waals surface area contributed by atoms with Crippen LogP contribution in [0.2, 0.25) is 0 Å². The van der Waals surface area contributed by atoms with Gasteiger partial charge in [0.25, 0.3) is 0 Å². The maximum absolute atomic E-state index is 13.7. The number of hydrogen-bond acceptors (Lipinski definition) is 4. The van der Waals surface area contributed by atoms with Crippen LogP contribution >= 0.6 is 15.9 Å². The second-order valence-corrected chi connectivity index (χ2v) is 6.41. The van der Waals surface area contributed by atoms with E-state index in [1.54, 1.807) is 43.3 Å². The van der Waals surface area contributed by atoms with Crippen molar-refractivity contribution < 1.29 is 23.0 Å². The van der Waals surface area contributed by atoms with Gasteiger partial charge in [-0.15, -0.1) is 0 Å². The van der Waals surface area contributed by atoms with Gasteiger partial charge >= 0.3 is 0 Å². The van der Waals surface area contributed by atoms with E-state index in [0.29, 0.717) is 25.0 Å². The van der Waals surface area contributed by atoms with Gasteiger partial charge in [-0.1, -0.05) is 0 Å². The molecular formula is C18H19BrF2N2O3. The first-order valence-corrected chi connectivity index (χ1v) is 8.58. The summed E-state index contributed by atoms with van der Waals surface area (Å²) in [5.41, 5.74) is -0.0840. The van der Waals surface area contributed by atoms with Crippen molar-refractivity contribution in [2.45, 2.75) is 0 Å². The maximum Gasteiger partial charge on any atom is 0.238 e. The van der Waals surface area contributed by atoms with Crippen molar-refractivity contribution in [1.82, 2.24) is 4.90 Å². The van der Waals surface area contributed by atoms with Gasteiger partial charge in [0.1, 0.15) is 23.9 Å². The van der Waals surface area contributed by atoms with Crippen LogP contribution in [0.15, 0.2) is 40.9 Å². The topological polar surface area (TPSA) is 50.8 Å². The molecule has 0 aromatic heterocycles. The molecule has 2 aromatic carbocycles. The highest BCUT2D eigenvalue weighted by molar-refractivity contribution is 9.10. The summed E-state index contributed by atoms with van der Waals surface area (Å²) in [6.45, 7) is 0.909. The number of nitrogens with zero attached hydrogens (tertiary/aromatic N) is 1. The molecule has 2 aromatic rings. The number of rotatable bonds is 8. The number of anilines is 1. The third-order valence-corrected chi connectivity index (χ3v) is 4.11. The number of carbonyl (C=O) groups excluding carboxylic acids is 1. The third kappa shape index (κ3) is 5.96. The van der Waals surface area contributed by atoms with E-state index in [9.17, 15) is 13.6 Å². The lowest BCUT2D eigenvalue weighted by atomic mass is 10.3. The summed E-state index contributed by atoms with van der Waals surface area (Å²) in [5.74, 6) is -0.537. The Morgan fingerprint density at radius 3 is 2.46 bits per heavy atom. The number of halogens is 3. The van der Waals surface area contributed by atoms with Gasteiger partial charge < -0.3 is 14.8 Å². The Morgan fingerprint density at radius 2 is 1.85 bits per heavy atom. The Kier molecular flexibility index (Phi) is 7.35. The average molecular weight is 429 g/mol. The molecule has 0 saturated heterocycles. The van der Waals surface area contributed by atoms with Crippen LogP contribution in [-0.2, 0) is 4.79 Å². The van der Waals surface area contributed by atoms with Crippen LogP contribution in [0.4, 0.5) is 14.5 Å². The smallest absolute Gasteiger partial charge is 0.238 e. The average Bonchev–Trinajstić information content (AvgIpc) is 2.58. The van der Waals surface area contributed by atoms with Gasteiger partial charge in [-0.05, 0) is 53.3 Å². The fourth-order valence-corrected chi connectivity index (χ4v) is 2.66. The molecule has 0 aliphatic rings. The molecule has 0 atom stereocenters. The van der Waals surface area contributed by atoms with E-state index in [1.807, 2.05) is 0 Å². The van der Waals surface area contributed by atoms with Crippen LogP contribution < -0.4 is 14.8 Å². The lowest BCUT2D eigenvalue weighted by Crippen LogP contribution is -2.33. The lowest BCUT2D eigenvalue weighted by Gasteiger charge is -2.17. The Balaban J connectivity index is 1.78. The first-order chi connectivity index (χ1) is 12.4. The quantitative estimate of drug-likeness (QED) is 0.696. The number of ether oxygens (including phenoxy) is 2. The molecular weight excluding hydrogens is 410 g/mol. The van der Waals surface area contributed by atoms with Crippen LogP contribution in [0, 0.1) is 11.6 Å². The molecule has 1 amide bonds. The highest BCUT2D eigenvalue weighted by Crippen LogP contribution is 2.26. The Morgan fingerprint density at radius 1 is 1.19 bits per heavy atom. The van der Waals surface area contributed by atoms with Crippen LogP contribution in [0.1, 0.15) is 0 Å². The van der Waals surface area contributed by atoms with Crippen LogP contribution in [-0.4, -0.2) is 44.7 Å². The molecule has 26 heavy (non-hydrogen) atoms. The van der Waals surface area contributed by atoms with Crippen LogP contribution in [0.3, 0.4) is 0 Å². The zero-order valence-corrected chi connectivity index (χ0v) is 16.0. The molecule has 0 heterocycles. The summed E-state index contributed by atoms with van der Waals surface area (Å²) in [4.78, 5) is 13.8. The Labute approximate surface area is 159 Å². The molecule has 2 rings (SSSR count). The van der Waals surface area contributed by atoms with Crippen molar-refractivity contribution in [2.75, 3.05) is 39.2 Å². The Hall–Kier alpha value is -2.19. The van der Waals surface area contributed by atoms with E-state index >= 15 is 0 Å². The first-order valence-electron chi connectivity index (χ1n) is 7.79. The Bertz CT molecular complexity index is 734. The minimum atomic E-state index is -0.837. The summed E-state index contributed by atoms with van der Waals surface area (Å²) < 4.78 is 37.6. The number of carbonyl (C=O) groups is 1. The summed E-state index contributed by atoms with van der Waals surface area (Å²) in [6.07, 6.45) is 0. The molecule has 0 unspecified atom stereocenters. The largest absolute Gasteiger partial charge is 0.497 e. The number of benzene rings is 2. The van der Waals surface area contributed by atoms with Crippen LogP contribution in [0.25, 0.3) is 0 Å². The van der Waals surface area contributed by atoms with Crippen molar-refractivity contribution in [1.29, 1.82) is 0 Å². The normalized spacial score (nSPS) is 10.7. The summed E-state index contributed by atoms with van der Waals surface area (Å²) in [6, 6.07) is 8.97. The standard InChI is InChI=1S/C18H19BrF2N2O3/c1-23(7-8-26-14-5-3-13(25-2)4-6-14)11-17(24)22-18-15(19)9-12(20)10-16(18)21/h3-6,9-10H,7-8,11H2,1-2H3,(H,22,24). The zero-order valence-electron chi connectivity index (χ0n) is 14.4. The minimum absolute atomic E-state index is 0.0369. The van der Waals surface area contributed by atoms with Gasteiger partial charge in [-0.25, -0.2) is 8.78 Å². The van der Waals surface area contributed by atoms with Crippen molar-refractivity contribution in [3.8, 4) is 11.5 Å². The number of likely N-dealkylation sites (N-methyl/N-ethyl adjacent to an activating group) is 1. The molecule has 0 saturated carbocycles. The first kappa shape index (κ1) is 20.1. The van der Waals surface area contributed by atoms with E-state index in [0.717, 1.165) is 11.8 Å². The van der Waals surface area contributed by atoms with Gasteiger partial charge in [-0.3, -0.25) is 9.69 Å². The number of methoxy groups -OCH3 is 1. The van der Waals surface area contributed by atoms with Crippen molar-refractivity contribution in [3.05, 3.63) is 52.5 Å². The zero-order chi connectivity index (χ0) is 19.1. The summed E-state index contributed by atoms with van der Waals surface area (Å²) >= 11 is 3.03. The number of nitrogens with one attached hydrogen (secondary N) is 1. The summed E-state index contributed by atoms with van der Waals surface area (Å²) in [5, 5.41) is 2.43. The van der Waals surface area contributed by atoms with E-state index in [-0.39, 0.29) is 16.7 Å². The molecule has 8 heteroatoms. The monoisotopic (exact) mass is 428 g/mol. The minimum Gasteiger partial charge on any atom is -0.497 e. The molecule has 1 N–H and O–H groups in total. The molecule has 140 valence electrons. The molecule has 0 radical (unpaired) electrons. The highest BCUT2D eigenvalue weighted by Gasteiger charge is 2.14. The molecule has 0 bridgehead atoms. The van der Waals surface area contributed by atoms with E-state index in [2.05, 4.69) is 21.2 Å². The summed E-state index contributed by atoms with van der Waals surface area (Å²) in [7, 11) is 3.33. The lowest BCUT2D eigenvalue weighted by molar-refractivity contribution is -0.117. The van der Waals surface area contributed by atoms with Crippen molar-refractivity contribution in [3.63, 3.8) is 0 Å². The van der Waals surface area contributed by atoms with E-state index in [4.69, 9.17) is 9.47 Å². The van der Waals surface area contributed by atoms with E-state index in [1.165, 1.54) is 0 Å². The van der Waals surface area contributed by atoms with E-state index < -0.39 is 17.5 Å². The molecule has 0 spiro atoms. The second-order valence-electron chi connectivity index (χ2n) is 5.55. The van der Waals surface area contributed by atoms with Gasteiger partial charge in [0.05, 0.1) is 19.3 Å². The van der Waals surface area contributed by atoms with Gasteiger partial charge in [0, 0.05) is 17.1 Å². The van der Waals surface area contributed by atoms with Crippen molar-refractivity contribution >= 4 is 27.5 Å². The predicted octanol–water partition coefficient (Wildman–Crippen LogP) is 3.69. The fourth-order valence-electron chi connectivity index (χ4n) is 2.16. The SMILES string of the molecule is COc1ccc(OCCN(C)CC(=O)Nc2c(F)cc(F)cc2Br)cc1. The maximum atomic E-state index is 13.7. The predicted molar refractivity (Wildman–Crippen MR) is 98.7 cm³/mol. The van der Waals surface area contributed by atoms with Crippen LogP contribution in [0.5, 0.6) is 11.5 Å². The number of amides is 1. The molecule has 0 fully saturated rings. The van der Waals surface area contributed by atoms with Gasteiger partial charge in [-0.2, -0.15) is 0 Å². The second kappa shape index (κ2) is 9.49. The highest BCUT2D eigenvalue weighted by atomic mass is 79.9. The third-order valence-electron chi connectivity index (χ3n) is 3.49. The molecule has 0 aliphatic heterocycles. The fraction of sp³-hybridized carbons (Fsp3) is 0.278. The molecule has 5 nitrogen and oxygen atoms in total. The van der Waals surface area contributed by atoms with Crippen molar-refractivity contribution in [2.24, 2.45) is 0 Å².